The molecule has 6 nitrogen and oxygen atoms in total. The number of piperidine rings is 1. The Morgan fingerprint density at radius 3 is 2.69 bits per heavy atom. The zero-order chi connectivity index (χ0) is 22.3. The third-order valence-corrected chi connectivity index (χ3v) is 6.06. The van der Waals surface area contributed by atoms with Gasteiger partial charge in [0.2, 0.25) is 0 Å². The lowest BCUT2D eigenvalue weighted by Crippen LogP contribution is -2.45. The molecule has 0 unspecified atom stereocenters. The fourth-order valence-electron chi connectivity index (χ4n) is 4.30. The van der Waals surface area contributed by atoms with Gasteiger partial charge in [-0.05, 0) is 49.9 Å². The van der Waals surface area contributed by atoms with E-state index in [1.807, 2.05) is 55.5 Å². The summed E-state index contributed by atoms with van der Waals surface area (Å²) in [6.45, 7) is 6.16. The highest BCUT2D eigenvalue weighted by atomic mass is 16.5. The minimum absolute atomic E-state index is 0.0701. The van der Waals surface area contributed by atoms with Gasteiger partial charge in [-0.25, -0.2) is 0 Å². The van der Waals surface area contributed by atoms with Crippen LogP contribution in [-0.2, 0) is 11.3 Å². The predicted octanol–water partition coefficient (Wildman–Crippen LogP) is 4.55. The molecule has 3 aromatic rings. The number of benzene rings is 2. The van der Waals surface area contributed by atoms with E-state index in [0.29, 0.717) is 23.5 Å². The van der Waals surface area contributed by atoms with E-state index < -0.39 is 0 Å². The van der Waals surface area contributed by atoms with Crippen LogP contribution in [0.4, 0.5) is 0 Å². The van der Waals surface area contributed by atoms with E-state index >= 15 is 0 Å². The fourth-order valence-corrected chi connectivity index (χ4v) is 4.30. The van der Waals surface area contributed by atoms with Gasteiger partial charge in [-0.3, -0.25) is 4.79 Å². The molecule has 4 rings (SSSR count). The van der Waals surface area contributed by atoms with Gasteiger partial charge < -0.3 is 24.1 Å². The van der Waals surface area contributed by atoms with Crippen molar-refractivity contribution in [3.63, 3.8) is 0 Å². The summed E-state index contributed by atoms with van der Waals surface area (Å²) in [5.41, 5.74) is 2.41. The summed E-state index contributed by atoms with van der Waals surface area (Å²) in [6, 6.07) is 15.9. The van der Waals surface area contributed by atoms with Crippen LogP contribution in [0.1, 0.15) is 40.9 Å². The first-order valence-electron chi connectivity index (χ1n) is 11.4. The molecule has 170 valence electrons. The zero-order valence-electron chi connectivity index (χ0n) is 18.9. The molecule has 32 heavy (non-hydrogen) atoms. The number of rotatable bonds is 9. The Bertz CT molecular complexity index is 1020. The Morgan fingerprint density at radius 2 is 1.94 bits per heavy atom. The van der Waals surface area contributed by atoms with Gasteiger partial charge in [-0.2, -0.15) is 0 Å². The molecule has 1 aliphatic heterocycles. The van der Waals surface area contributed by atoms with E-state index in [1.165, 1.54) is 0 Å². The first kappa shape index (κ1) is 22.4. The normalized spacial score (nSPS) is 15.2. The van der Waals surface area contributed by atoms with Gasteiger partial charge in [-0.15, -0.1) is 0 Å². The molecule has 2 heterocycles. The molecule has 0 aliphatic carbocycles. The molecule has 1 amide bonds. The molecule has 0 saturated carbocycles. The lowest BCUT2D eigenvalue weighted by Gasteiger charge is -2.32. The van der Waals surface area contributed by atoms with E-state index in [-0.39, 0.29) is 11.9 Å². The minimum Gasteiger partial charge on any atom is -0.489 e. The summed E-state index contributed by atoms with van der Waals surface area (Å²) in [5, 5.41) is 4.02. The Balaban J connectivity index is 1.39. The van der Waals surface area contributed by atoms with Crippen LogP contribution in [0.3, 0.4) is 0 Å². The van der Waals surface area contributed by atoms with Crippen molar-refractivity contribution >= 4 is 16.9 Å². The highest BCUT2D eigenvalue weighted by Gasteiger charge is 2.24. The second-order valence-electron chi connectivity index (χ2n) is 8.40. The van der Waals surface area contributed by atoms with Crippen LogP contribution >= 0.6 is 0 Å². The maximum Gasteiger partial charge on any atom is 0.255 e. The van der Waals surface area contributed by atoms with Crippen molar-refractivity contribution in [2.24, 2.45) is 0 Å². The maximum atomic E-state index is 13.1. The molecular weight excluding hydrogens is 404 g/mol. The van der Waals surface area contributed by atoms with Gasteiger partial charge >= 0.3 is 0 Å². The maximum absolute atomic E-state index is 13.1. The molecule has 2 aromatic carbocycles. The number of hydrogen-bond acceptors (Lipinski definition) is 5. The molecule has 0 bridgehead atoms. The highest BCUT2D eigenvalue weighted by Crippen LogP contribution is 2.30. The SMILES string of the molecule is COCCCN1CCC(NC(=O)c2c(C)oc3ccc(OCc4ccccc4)cc23)CC1. The third kappa shape index (κ3) is 5.50. The summed E-state index contributed by atoms with van der Waals surface area (Å²) < 4.78 is 17.0. The van der Waals surface area contributed by atoms with Gasteiger partial charge in [0.15, 0.2) is 0 Å². The number of likely N-dealkylation sites (tertiary alicyclic amines) is 1. The molecule has 6 heteroatoms. The zero-order valence-corrected chi connectivity index (χ0v) is 18.9. The number of nitrogens with zero attached hydrogens (tertiary/aromatic N) is 1. The van der Waals surface area contributed by atoms with Crippen LogP contribution in [0.15, 0.2) is 52.9 Å². The Kier molecular flexibility index (Phi) is 7.45. The van der Waals surface area contributed by atoms with Crippen molar-refractivity contribution in [3.05, 3.63) is 65.4 Å². The highest BCUT2D eigenvalue weighted by molar-refractivity contribution is 6.07. The van der Waals surface area contributed by atoms with E-state index in [9.17, 15) is 4.79 Å². The van der Waals surface area contributed by atoms with Crippen LogP contribution in [0.5, 0.6) is 5.75 Å². The quantitative estimate of drug-likeness (QED) is 0.499. The summed E-state index contributed by atoms with van der Waals surface area (Å²) in [6.07, 6.45) is 2.96. The van der Waals surface area contributed by atoms with Crippen molar-refractivity contribution in [2.45, 2.75) is 38.8 Å². The summed E-state index contributed by atoms with van der Waals surface area (Å²) in [4.78, 5) is 15.6. The number of ether oxygens (including phenoxy) is 2. The second kappa shape index (κ2) is 10.7. The molecule has 1 N–H and O–H groups in total. The summed E-state index contributed by atoms with van der Waals surface area (Å²) >= 11 is 0. The monoisotopic (exact) mass is 436 g/mol. The van der Waals surface area contributed by atoms with E-state index in [4.69, 9.17) is 13.9 Å². The fraction of sp³-hybridized carbons (Fsp3) is 0.423. The first-order chi connectivity index (χ1) is 15.6. The number of hydrogen-bond donors (Lipinski definition) is 1. The van der Waals surface area contributed by atoms with Crippen molar-refractivity contribution < 1.29 is 18.7 Å². The van der Waals surface area contributed by atoms with Crippen LogP contribution < -0.4 is 10.1 Å². The largest absolute Gasteiger partial charge is 0.489 e. The number of carbonyl (C=O) groups is 1. The molecule has 0 spiro atoms. The third-order valence-electron chi connectivity index (χ3n) is 6.06. The summed E-state index contributed by atoms with van der Waals surface area (Å²) in [7, 11) is 1.74. The second-order valence-corrected chi connectivity index (χ2v) is 8.40. The van der Waals surface area contributed by atoms with Crippen molar-refractivity contribution in [3.8, 4) is 5.75 Å². The van der Waals surface area contributed by atoms with Crippen LogP contribution in [0, 0.1) is 6.92 Å². The standard InChI is InChI=1S/C26H32N2O4/c1-19-25(26(29)27-21-11-14-28(15-12-21)13-6-16-30-2)23-17-22(9-10-24(23)32-19)31-18-20-7-4-3-5-8-20/h3-5,7-10,17,21H,6,11-16,18H2,1-2H3,(H,27,29). The summed E-state index contributed by atoms with van der Waals surface area (Å²) in [5.74, 6) is 1.29. The number of amides is 1. The first-order valence-corrected chi connectivity index (χ1v) is 11.4. The van der Waals surface area contributed by atoms with Gasteiger partial charge in [-0.1, -0.05) is 30.3 Å². The van der Waals surface area contributed by atoms with Gasteiger partial charge in [0.05, 0.1) is 5.56 Å². The van der Waals surface area contributed by atoms with Crippen LogP contribution in [0.2, 0.25) is 0 Å². The molecule has 1 aliphatic rings. The Morgan fingerprint density at radius 1 is 1.16 bits per heavy atom. The number of furan rings is 1. The van der Waals surface area contributed by atoms with E-state index in [2.05, 4.69) is 10.2 Å². The Hall–Kier alpha value is -2.83. The smallest absolute Gasteiger partial charge is 0.255 e. The molecule has 0 radical (unpaired) electrons. The van der Waals surface area contributed by atoms with Crippen LogP contribution in [-0.4, -0.2) is 50.2 Å². The number of methoxy groups -OCH3 is 1. The molecule has 1 aromatic heterocycles. The number of aryl methyl sites for hydroxylation is 1. The average Bonchev–Trinajstić information content (AvgIpc) is 3.14. The van der Waals surface area contributed by atoms with Crippen LogP contribution in [0.25, 0.3) is 11.0 Å². The van der Waals surface area contributed by atoms with E-state index in [1.54, 1.807) is 7.11 Å². The van der Waals surface area contributed by atoms with E-state index in [0.717, 1.165) is 62.2 Å². The predicted molar refractivity (Wildman–Crippen MR) is 125 cm³/mol. The number of carbonyl (C=O) groups excluding carboxylic acids is 1. The Labute approximate surface area is 189 Å². The average molecular weight is 437 g/mol. The van der Waals surface area contributed by atoms with Gasteiger partial charge in [0.1, 0.15) is 23.7 Å². The molecule has 1 fully saturated rings. The minimum atomic E-state index is -0.0701. The molecule has 0 atom stereocenters. The van der Waals surface area contributed by atoms with Crippen molar-refractivity contribution in [1.29, 1.82) is 0 Å². The van der Waals surface area contributed by atoms with Crippen molar-refractivity contribution in [2.75, 3.05) is 33.4 Å². The topological polar surface area (TPSA) is 63.9 Å². The lowest BCUT2D eigenvalue weighted by molar-refractivity contribution is 0.0907. The van der Waals surface area contributed by atoms with Crippen molar-refractivity contribution in [1.82, 2.24) is 10.2 Å². The molecular formula is C26H32N2O4. The van der Waals surface area contributed by atoms with Gasteiger partial charge in [0.25, 0.3) is 5.91 Å². The number of fused-ring (bicyclic) bond motifs is 1. The molecule has 1 saturated heterocycles. The number of nitrogens with one attached hydrogen (secondary N) is 1. The lowest BCUT2D eigenvalue weighted by atomic mass is 10.0. The van der Waals surface area contributed by atoms with Gasteiger partial charge in [0, 0.05) is 44.8 Å².